The molecule has 0 unspecified atom stereocenters. The van der Waals surface area contributed by atoms with Gasteiger partial charge in [0.1, 0.15) is 6.61 Å². The van der Waals surface area contributed by atoms with Gasteiger partial charge in [-0.25, -0.2) is 9.59 Å². The molecule has 0 aliphatic heterocycles. The number of urea groups is 1. The lowest BCUT2D eigenvalue weighted by Gasteiger charge is -2.21. The molecule has 7 heteroatoms. The number of nitrogens with zero attached hydrogens (tertiary/aromatic N) is 1. The Morgan fingerprint density at radius 2 is 1.94 bits per heavy atom. The molecular formula is C11H20N2O5. The predicted molar refractivity (Wildman–Crippen MR) is 64.9 cm³/mol. The van der Waals surface area contributed by atoms with Crippen molar-refractivity contribution >= 4 is 12.0 Å². The first-order chi connectivity index (χ1) is 8.52. The number of aliphatic hydroxyl groups excluding tert-OH is 2. The number of nitrogens with one attached hydrogen (secondary N) is 1. The van der Waals surface area contributed by atoms with E-state index in [2.05, 4.69) is 11.9 Å². The summed E-state index contributed by atoms with van der Waals surface area (Å²) in [5, 5.41) is 19.8. The van der Waals surface area contributed by atoms with Crippen LogP contribution in [0.5, 0.6) is 0 Å². The molecule has 0 aliphatic carbocycles. The first-order valence-corrected chi connectivity index (χ1v) is 5.60. The smallest absolute Gasteiger partial charge is 0.333 e. The quantitative estimate of drug-likeness (QED) is 0.388. The largest absolute Gasteiger partial charge is 0.460 e. The van der Waals surface area contributed by atoms with Crippen LogP contribution in [0.2, 0.25) is 0 Å². The van der Waals surface area contributed by atoms with E-state index in [9.17, 15) is 9.59 Å². The van der Waals surface area contributed by atoms with Crippen LogP contribution < -0.4 is 5.32 Å². The molecule has 0 rings (SSSR count). The summed E-state index contributed by atoms with van der Waals surface area (Å²) in [6.45, 7) is 5.05. The number of hydrogen-bond acceptors (Lipinski definition) is 5. The van der Waals surface area contributed by atoms with Gasteiger partial charge in [0.2, 0.25) is 0 Å². The fourth-order valence-corrected chi connectivity index (χ4v) is 1.08. The van der Waals surface area contributed by atoms with Gasteiger partial charge in [0.25, 0.3) is 0 Å². The molecule has 7 nitrogen and oxygen atoms in total. The van der Waals surface area contributed by atoms with Crippen LogP contribution in [0.1, 0.15) is 6.92 Å². The summed E-state index contributed by atoms with van der Waals surface area (Å²) in [4.78, 5) is 23.9. The molecule has 0 radical (unpaired) electrons. The van der Waals surface area contributed by atoms with Crippen LogP contribution in [0, 0.1) is 0 Å². The van der Waals surface area contributed by atoms with Gasteiger partial charge in [0.05, 0.1) is 19.8 Å². The van der Waals surface area contributed by atoms with E-state index in [-0.39, 0.29) is 45.0 Å². The number of amides is 2. The summed E-state index contributed by atoms with van der Waals surface area (Å²) in [7, 11) is 0. The van der Waals surface area contributed by atoms with Gasteiger partial charge in [0.15, 0.2) is 0 Å². The van der Waals surface area contributed by atoms with Crippen molar-refractivity contribution in [1.29, 1.82) is 0 Å². The molecule has 0 saturated heterocycles. The van der Waals surface area contributed by atoms with E-state index >= 15 is 0 Å². The summed E-state index contributed by atoms with van der Waals surface area (Å²) in [5.41, 5.74) is 0.286. The SMILES string of the molecule is C=C(C)C(=O)OCCN(CCO)C(=O)NCCO. The Balaban J connectivity index is 4.07. The highest BCUT2D eigenvalue weighted by atomic mass is 16.5. The summed E-state index contributed by atoms with van der Waals surface area (Å²) >= 11 is 0. The normalized spacial score (nSPS) is 9.72. The van der Waals surface area contributed by atoms with E-state index in [0.29, 0.717) is 0 Å². The Hall–Kier alpha value is -1.60. The van der Waals surface area contributed by atoms with Gasteiger partial charge in [-0.1, -0.05) is 6.58 Å². The van der Waals surface area contributed by atoms with E-state index in [1.807, 2.05) is 0 Å². The number of carbonyl (C=O) groups excluding carboxylic acids is 2. The summed E-state index contributed by atoms with van der Waals surface area (Å²) in [6.07, 6.45) is 0. The molecule has 0 spiro atoms. The Morgan fingerprint density at radius 1 is 1.28 bits per heavy atom. The van der Waals surface area contributed by atoms with E-state index in [0.717, 1.165) is 0 Å². The Morgan fingerprint density at radius 3 is 2.44 bits per heavy atom. The van der Waals surface area contributed by atoms with Crippen molar-refractivity contribution in [3.05, 3.63) is 12.2 Å². The molecule has 104 valence electrons. The molecule has 0 heterocycles. The number of hydrogen-bond donors (Lipinski definition) is 3. The van der Waals surface area contributed by atoms with Crippen LogP contribution in [0.3, 0.4) is 0 Å². The second-order valence-corrected chi connectivity index (χ2v) is 3.58. The number of carbonyl (C=O) groups is 2. The van der Waals surface area contributed by atoms with Crippen molar-refractivity contribution in [3.63, 3.8) is 0 Å². The third-order valence-electron chi connectivity index (χ3n) is 1.99. The Labute approximate surface area is 106 Å². The number of aliphatic hydroxyl groups is 2. The van der Waals surface area contributed by atoms with Gasteiger partial charge in [-0.05, 0) is 6.92 Å². The molecule has 0 saturated carbocycles. The molecule has 0 aromatic rings. The minimum Gasteiger partial charge on any atom is -0.460 e. The van der Waals surface area contributed by atoms with Crippen molar-refractivity contribution in [2.75, 3.05) is 39.5 Å². The first kappa shape index (κ1) is 16.4. The maximum atomic E-state index is 11.5. The number of rotatable bonds is 8. The first-order valence-electron chi connectivity index (χ1n) is 5.60. The van der Waals surface area contributed by atoms with Crippen molar-refractivity contribution < 1.29 is 24.5 Å². The zero-order valence-corrected chi connectivity index (χ0v) is 10.5. The Kier molecular flexibility index (Phi) is 8.59. The van der Waals surface area contributed by atoms with E-state index < -0.39 is 12.0 Å². The van der Waals surface area contributed by atoms with Crippen molar-refractivity contribution in [2.45, 2.75) is 6.92 Å². The molecule has 0 aromatic heterocycles. The summed E-state index contributed by atoms with van der Waals surface area (Å²) < 4.78 is 4.84. The van der Waals surface area contributed by atoms with Crippen molar-refractivity contribution in [1.82, 2.24) is 10.2 Å². The average molecular weight is 260 g/mol. The fraction of sp³-hybridized carbons (Fsp3) is 0.636. The number of esters is 1. The van der Waals surface area contributed by atoms with E-state index in [1.165, 1.54) is 11.8 Å². The van der Waals surface area contributed by atoms with Gasteiger partial charge >= 0.3 is 12.0 Å². The van der Waals surface area contributed by atoms with Gasteiger partial charge < -0.3 is 25.2 Å². The number of ether oxygens (including phenoxy) is 1. The maximum absolute atomic E-state index is 11.5. The zero-order valence-electron chi connectivity index (χ0n) is 10.5. The molecular weight excluding hydrogens is 240 g/mol. The highest BCUT2D eigenvalue weighted by molar-refractivity contribution is 5.86. The molecule has 0 aliphatic rings. The van der Waals surface area contributed by atoms with Gasteiger partial charge in [-0.15, -0.1) is 0 Å². The van der Waals surface area contributed by atoms with Gasteiger partial charge in [-0.2, -0.15) is 0 Å². The van der Waals surface area contributed by atoms with Crippen LogP contribution in [-0.2, 0) is 9.53 Å². The second-order valence-electron chi connectivity index (χ2n) is 3.58. The molecule has 2 amide bonds. The lowest BCUT2D eigenvalue weighted by Crippen LogP contribution is -2.44. The van der Waals surface area contributed by atoms with E-state index in [4.69, 9.17) is 14.9 Å². The molecule has 0 aromatic carbocycles. The minimum absolute atomic E-state index is 0.0260. The Bertz CT molecular complexity index is 293. The molecule has 0 atom stereocenters. The van der Waals surface area contributed by atoms with Crippen LogP contribution in [0.4, 0.5) is 4.79 Å². The fourth-order valence-electron chi connectivity index (χ4n) is 1.08. The van der Waals surface area contributed by atoms with Crippen molar-refractivity contribution in [2.24, 2.45) is 0 Å². The topological polar surface area (TPSA) is 99.1 Å². The summed E-state index contributed by atoms with van der Waals surface area (Å²) in [5.74, 6) is -0.519. The van der Waals surface area contributed by atoms with Gasteiger partial charge in [-0.3, -0.25) is 0 Å². The monoisotopic (exact) mass is 260 g/mol. The molecule has 3 N–H and O–H groups in total. The summed E-state index contributed by atoms with van der Waals surface area (Å²) in [6, 6.07) is -0.426. The van der Waals surface area contributed by atoms with Crippen LogP contribution in [0.25, 0.3) is 0 Å². The highest BCUT2D eigenvalue weighted by Crippen LogP contribution is 1.94. The second kappa shape index (κ2) is 9.43. The standard InChI is InChI=1S/C11H20N2O5/c1-9(2)10(16)18-8-5-13(4-7-15)11(17)12-3-6-14/h14-15H,1,3-8H2,2H3,(H,12,17). The lowest BCUT2D eigenvalue weighted by atomic mass is 10.4. The van der Waals surface area contributed by atoms with Crippen LogP contribution >= 0.6 is 0 Å². The molecule has 0 fully saturated rings. The third-order valence-corrected chi connectivity index (χ3v) is 1.99. The molecule has 0 bridgehead atoms. The predicted octanol–water partition coefficient (Wildman–Crippen LogP) is -0.898. The zero-order chi connectivity index (χ0) is 14.0. The highest BCUT2D eigenvalue weighted by Gasteiger charge is 2.13. The maximum Gasteiger partial charge on any atom is 0.333 e. The minimum atomic E-state index is -0.519. The lowest BCUT2D eigenvalue weighted by molar-refractivity contribution is -0.139. The third kappa shape index (κ3) is 6.87. The van der Waals surface area contributed by atoms with E-state index in [1.54, 1.807) is 0 Å². The van der Waals surface area contributed by atoms with Crippen LogP contribution in [-0.4, -0.2) is 66.6 Å². The average Bonchev–Trinajstić information content (AvgIpc) is 2.34. The van der Waals surface area contributed by atoms with Crippen molar-refractivity contribution in [3.8, 4) is 0 Å². The van der Waals surface area contributed by atoms with Crippen LogP contribution in [0.15, 0.2) is 12.2 Å². The van der Waals surface area contributed by atoms with Gasteiger partial charge in [0, 0.05) is 18.7 Å². The molecule has 18 heavy (non-hydrogen) atoms.